The first-order valence-electron chi connectivity index (χ1n) is 5.23. The van der Waals surface area contributed by atoms with Gasteiger partial charge in [0.1, 0.15) is 0 Å². The van der Waals surface area contributed by atoms with Crippen LogP contribution in [0.5, 0.6) is 0 Å². The van der Waals surface area contributed by atoms with Crippen molar-refractivity contribution in [3.8, 4) is 0 Å². The van der Waals surface area contributed by atoms with Gasteiger partial charge in [0.15, 0.2) is 0 Å². The number of carbonyl (C=O) groups excluding carboxylic acids is 1. The predicted molar refractivity (Wildman–Crippen MR) is 75.2 cm³/mol. The Bertz CT molecular complexity index is 429. The third-order valence-electron chi connectivity index (χ3n) is 2.40. The lowest BCUT2D eigenvalue weighted by atomic mass is 9.87. The maximum absolute atomic E-state index is 11.9. The molecule has 1 amide bonds. The molecule has 0 aliphatic rings. The molecule has 0 fully saturated rings. The van der Waals surface area contributed by atoms with Gasteiger partial charge in [-0.1, -0.05) is 48.3 Å². The maximum Gasteiger partial charge on any atom is 0.241 e. The van der Waals surface area contributed by atoms with E-state index in [2.05, 4.69) is 21.2 Å². The van der Waals surface area contributed by atoms with Crippen LogP contribution in [-0.4, -0.2) is 11.9 Å². The van der Waals surface area contributed by atoms with E-state index in [0.717, 1.165) is 4.47 Å². The summed E-state index contributed by atoms with van der Waals surface area (Å²) in [6, 6.07) is 4.68. The second-order valence-electron chi connectivity index (χ2n) is 4.96. The smallest absolute Gasteiger partial charge is 0.241 e. The first-order valence-corrected chi connectivity index (χ1v) is 6.40. The average Bonchev–Trinajstić information content (AvgIpc) is 2.21. The van der Waals surface area contributed by atoms with Crippen LogP contribution in [0.3, 0.4) is 0 Å². The Hall–Kier alpha value is -0.580. The molecule has 94 valence electrons. The summed E-state index contributed by atoms with van der Waals surface area (Å²) >= 11 is 9.30. The largest absolute Gasteiger partial charge is 0.323 e. The third-order valence-corrected chi connectivity index (χ3v) is 3.22. The highest BCUT2D eigenvalue weighted by atomic mass is 79.9. The second-order valence-corrected chi connectivity index (χ2v) is 6.28. The van der Waals surface area contributed by atoms with Gasteiger partial charge < -0.3 is 11.1 Å². The lowest BCUT2D eigenvalue weighted by Crippen LogP contribution is -2.45. The lowest BCUT2D eigenvalue weighted by molar-refractivity contribution is -0.119. The molecule has 3 nitrogen and oxygen atoms in total. The van der Waals surface area contributed by atoms with Gasteiger partial charge in [-0.15, -0.1) is 0 Å². The van der Waals surface area contributed by atoms with E-state index in [-0.39, 0.29) is 11.3 Å². The molecule has 3 N–H and O–H groups in total. The van der Waals surface area contributed by atoms with Crippen molar-refractivity contribution in [1.82, 2.24) is 0 Å². The van der Waals surface area contributed by atoms with Crippen LogP contribution in [0, 0.1) is 5.41 Å². The monoisotopic (exact) mass is 318 g/mol. The summed E-state index contributed by atoms with van der Waals surface area (Å²) < 4.78 is 0.849. The quantitative estimate of drug-likeness (QED) is 0.877. The summed E-state index contributed by atoms with van der Waals surface area (Å²) in [5, 5.41) is 3.22. The number of benzene rings is 1. The summed E-state index contributed by atoms with van der Waals surface area (Å²) in [5.41, 5.74) is 6.14. The number of rotatable bonds is 2. The van der Waals surface area contributed by atoms with Crippen molar-refractivity contribution in [1.29, 1.82) is 0 Å². The zero-order valence-corrected chi connectivity index (χ0v) is 12.4. The summed E-state index contributed by atoms with van der Waals surface area (Å²) in [6.45, 7) is 5.75. The molecule has 0 aliphatic heterocycles. The number of nitrogens with one attached hydrogen (secondary N) is 1. The van der Waals surface area contributed by atoms with Crippen molar-refractivity contribution in [2.75, 3.05) is 5.32 Å². The molecule has 0 bridgehead atoms. The number of halogens is 2. The summed E-state index contributed by atoms with van der Waals surface area (Å²) in [5.74, 6) is -0.238. The Balaban J connectivity index is 2.85. The number of amides is 1. The Labute approximate surface area is 115 Å². The maximum atomic E-state index is 11.9. The van der Waals surface area contributed by atoms with Gasteiger partial charge in [-0.3, -0.25) is 4.79 Å². The minimum atomic E-state index is -0.586. The highest BCUT2D eigenvalue weighted by Gasteiger charge is 2.27. The SMILES string of the molecule is CC(C)(C)[C@H](N)C(=O)Nc1cc(Br)ccc1Cl. The van der Waals surface area contributed by atoms with Gasteiger partial charge in [-0.25, -0.2) is 0 Å². The predicted octanol–water partition coefficient (Wildman–Crippen LogP) is 3.41. The molecule has 0 saturated carbocycles. The van der Waals surface area contributed by atoms with E-state index in [4.69, 9.17) is 17.3 Å². The van der Waals surface area contributed by atoms with Crippen molar-refractivity contribution in [2.24, 2.45) is 11.1 Å². The Morgan fingerprint density at radius 2 is 2.06 bits per heavy atom. The molecular weight excluding hydrogens is 304 g/mol. The van der Waals surface area contributed by atoms with Crippen LogP contribution in [0.15, 0.2) is 22.7 Å². The molecule has 0 radical (unpaired) electrons. The van der Waals surface area contributed by atoms with Gasteiger partial charge in [-0.05, 0) is 23.6 Å². The molecule has 0 aliphatic carbocycles. The molecule has 0 spiro atoms. The number of carbonyl (C=O) groups is 1. The molecule has 0 heterocycles. The average molecular weight is 320 g/mol. The molecular formula is C12H16BrClN2O. The van der Waals surface area contributed by atoms with E-state index in [1.807, 2.05) is 26.8 Å². The highest BCUT2D eigenvalue weighted by molar-refractivity contribution is 9.10. The normalized spacial score (nSPS) is 13.3. The van der Waals surface area contributed by atoms with Gasteiger partial charge in [-0.2, -0.15) is 0 Å². The van der Waals surface area contributed by atoms with Crippen LogP contribution in [0.4, 0.5) is 5.69 Å². The lowest BCUT2D eigenvalue weighted by Gasteiger charge is -2.26. The standard InChI is InChI=1S/C12H16BrClN2O/c1-12(2,3)10(15)11(17)16-9-6-7(13)4-5-8(9)14/h4-6,10H,15H2,1-3H3,(H,16,17)/t10-/m1/s1. The molecule has 1 rings (SSSR count). The fraction of sp³-hybridized carbons (Fsp3) is 0.417. The number of hydrogen-bond acceptors (Lipinski definition) is 2. The minimum Gasteiger partial charge on any atom is -0.323 e. The van der Waals surface area contributed by atoms with Crippen LogP contribution in [0.1, 0.15) is 20.8 Å². The van der Waals surface area contributed by atoms with Crippen LogP contribution in [0.25, 0.3) is 0 Å². The zero-order valence-electron chi connectivity index (χ0n) is 10.1. The topological polar surface area (TPSA) is 55.1 Å². The van der Waals surface area contributed by atoms with E-state index in [0.29, 0.717) is 10.7 Å². The fourth-order valence-electron chi connectivity index (χ4n) is 1.20. The van der Waals surface area contributed by atoms with E-state index in [9.17, 15) is 4.79 Å². The van der Waals surface area contributed by atoms with E-state index >= 15 is 0 Å². The third kappa shape index (κ3) is 3.98. The Morgan fingerprint density at radius 3 is 2.59 bits per heavy atom. The van der Waals surface area contributed by atoms with Crippen molar-refractivity contribution >= 4 is 39.1 Å². The molecule has 17 heavy (non-hydrogen) atoms. The first kappa shape index (κ1) is 14.5. The van der Waals surface area contributed by atoms with Crippen LogP contribution >= 0.6 is 27.5 Å². The molecule has 0 unspecified atom stereocenters. The van der Waals surface area contributed by atoms with Gasteiger partial charge in [0.2, 0.25) is 5.91 Å². The van der Waals surface area contributed by atoms with E-state index < -0.39 is 6.04 Å². The van der Waals surface area contributed by atoms with Crippen LogP contribution in [0.2, 0.25) is 5.02 Å². The van der Waals surface area contributed by atoms with Crippen molar-refractivity contribution in [3.63, 3.8) is 0 Å². The minimum absolute atomic E-state index is 0.238. The van der Waals surface area contributed by atoms with Gasteiger partial charge in [0.25, 0.3) is 0 Å². The summed E-state index contributed by atoms with van der Waals surface area (Å²) in [7, 11) is 0. The van der Waals surface area contributed by atoms with E-state index in [1.165, 1.54) is 0 Å². The molecule has 0 aromatic heterocycles. The van der Waals surface area contributed by atoms with Crippen LogP contribution < -0.4 is 11.1 Å². The van der Waals surface area contributed by atoms with Gasteiger partial charge >= 0.3 is 0 Å². The van der Waals surface area contributed by atoms with Gasteiger partial charge in [0, 0.05) is 4.47 Å². The summed E-state index contributed by atoms with van der Waals surface area (Å²) in [4.78, 5) is 11.9. The van der Waals surface area contributed by atoms with Crippen molar-refractivity contribution in [3.05, 3.63) is 27.7 Å². The highest BCUT2D eigenvalue weighted by Crippen LogP contribution is 2.26. The molecule has 1 aromatic rings. The molecule has 0 saturated heterocycles. The Morgan fingerprint density at radius 1 is 1.47 bits per heavy atom. The van der Waals surface area contributed by atoms with Crippen molar-refractivity contribution < 1.29 is 4.79 Å². The zero-order chi connectivity index (χ0) is 13.2. The van der Waals surface area contributed by atoms with Crippen molar-refractivity contribution in [2.45, 2.75) is 26.8 Å². The number of hydrogen-bond donors (Lipinski definition) is 2. The Kier molecular flexibility index (Phi) is 4.58. The number of nitrogens with two attached hydrogens (primary N) is 1. The number of anilines is 1. The first-order chi connectivity index (χ1) is 7.71. The van der Waals surface area contributed by atoms with Gasteiger partial charge in [0.05, 0.1) is 16.8 Å². The summed E-state index contributed by atoms with van der Waals surface area (Å²) in [6.07, 6.45) is 0. The second kappa shape index (κ2) is 5.38. The van der Waals surface area contributed by atoms with E-state index in [1.54, 1.807) is 12.1 Å². The molecule has 5 heteroatoms. The molecule has 1 atom stereocenters. The fourth-order valence-corrected chi connectivity index (χ4v) is 1.72. The molecule has 1 aromatic carbocycles. The van der Waals surface area contributed by atoms with Crippen LogP contribution in [-0.2, 0) is 4.79 Å².